The number of carbonyl (C=O) groups is 1. The second-order valence-corrected chi connectivity index (χ2v) is 9.47. The molecule has 0 saturated heterocycles. The van der Waals surface area contributed by atoms with Crippen molar-refractivity contribution in [1.29, 1.82) is 0 Å². The summed E-state index contributed by atoms with van der Waals surface area (Å²) in [4.78, 5) is 14.8. The van der Waals surface area contributed by atoms with Gasteiger partial charge in [-0.1, -0.05) is 67.8 Å². The van der Waals surface area contributed by atoms with Crippen LogP contribution in [0.5, 0.6) is 0 Å². The van der Waals surface area contributed by atoms with Gasteiger partial charge in [-0.3, -0.25) is 4.79 Å². The molecule has 2 aliphatic carbocycles. The molecule has 1 heterocycles. The summed E-state index contributed by atoms with van der Waals surface area (Å²) in [5.41, 5.74) is 5.32. The lowest BCUT2D eigenvalue weighted by Crippen LogP contribution is -2.26. The van der Waals surface area contributed by atoms with Gasteiger partial charge in [-0.05, 0) is 66.0 Å². The Morgan fingerprint density at radius 2 is 1.66 bits per heavy atom. The molecule has 1 fully saturated rings. The highest BCUT2D eigenvalue weighted by molar-refractivity contribution is 7.17. The zero-order chi connectivity index (χ0) is 19.6. The Kier molecular flexibility index (Phi) is 5.24. The van der Waals surface area contributed by atoms with Crippen LogP contribution in [0.1, 0.15) is 76.8 Å². The molecule has 0 radical (unpaired) electrons. The van der Waals surface area contributed by atoms with Gasteiger partial charge in [-0.25, -0.2) is 0 Å². The number of rotatable bonds is 4. The fourth-order valence-corrected chi connectivity index (χ4v) is 5.82. The van der Waals surface area contributed by atoms with Gasteiger partial charge in [-0.2, -0.15) is 0 Å². The summed E-state index contributed by atoms with van der Waals surface area (Å²) >= 11 is 1.59. The van der Waals surface area contributed by atoms with E-state index in [-0.39, 0.29) is 11.9 Å². The number of thiophene rings is 1. The fourth-order valence-electron chi connectivity index (χ4n) is 4.91. The van der Waals surface area contributed by atoms with Crippen molar-refractivity contribution >= 4 is 17.2 Å². The standard InChI is InChI=1S/C26H27NOS/c28-26(27-23-15-14-20-8-4-5-9-22(20)23)25-17-16-24(29-25)21-12-10-19(11-13-21)18-6-2-1-3-7-18/h4-5,8-13,16-18,23H,1-3,6-7,14-15H2,(H,27,28)/t23-/m1/s1. The van der Waals surface area contributed by atoms with Gasteiger partial charge in [0.15, 0.2) is 0 Å². The lowest BCUT2D eigenvalue weighted by Gasteiger charge is -2.22. The summed E-state index contributed by atoms with van der Waals surface area (Å²) in [6.45, 7) is 0. The first-order chi connectivity index (χ1) is 14.3. The molecule has 0 spiro atoms. The Morgan fingerprint density at radius 3 is 2.48 bits per heavy atom. The first-order valence-corrected chi connectivity index (χ1v) is 11.7. The Balaban J connectivity index is 1.27. The van der Waals surface area contributed by atoms with Crippen molar-refractivity contribution in [3.05, 3.63) is 82.2 Å². The van der Waals surface area contributed by atoms with Crippen molar-refractivity contribution in [1.82, 2.24) is 5.32 Å². The normalized spacial score (nSPS) is 19.1. The van der Waals surface area contributed by atoms with Crippen molar-refractivity contribution in [2.45, 2.75) is 56.9 Å². The van der Waals surface area contributed by atoms with Crippen LogP contribution >= 0.6 is 11.3 Å². The van der Waals surface area contributed by atoms with E-state index in [0.29, 0.717) is 0 Å². The minimum Gasteiger partial charge on any atom is -0.345 e. The first kappa shape index (κ1) is 18.6. The summed E-state index contributed by atoms with van der Waals surface area (Å²) in [7, 11) is 0. The van der Waals surface area contributed by atoms with E-state index in [9.17, 15) is 4.79 Å². The maximum absolute atomic E-state index is 12.8. The van der Waals surface area contributed by atoms with E-state index in [0.717, 1.165) is 28.5 Å². The van der Waals surface area contributed by atoms with E-state index in [4.69, 9.17) is 0 Å². The van der Waals surface area contributed by atoms with Gasteiger partial charge in [0, 0.05) is 4.88 Å². The minimum atomic E-state index is 0.0433. The maximum atomic E-state index is 12.8. The third-order valence-corrected chi connectivity index (χ3v) is 7.67. The molecule has 2 aliphatic rings. The molecule has 2 aromatic carbocycles. The Morgan fingerprint density at radius 1 is 0.862 bits per heavy atom. The molecule has 3 aromatic rings. The molecule has 5 rings (SSSR count). The highest BCUT2D eigenvalue weighted by atomic mass is 32.1. The molecule has 1 aromatic heterocycles. The number of nitrogens with one attached hydrogen (secondary N) is 1. The third-order valence-electron chi connectivity index (χ3n) is 6.54. The molecule has 0 aliphatic heterocycles. The van der Waals surface area contributed by atoms with Gasteiger partial charge >= 0.3 is 0 Å². The molecule has 148 valence electrons. The van der Waals surface area contributed by atoms with Crippen molar-refractivity contribution in [3.63, 3.8) is 0 Å². The molecule has 0 bridgehead atoms. The van der Waals surface area contributed by atoms with Crippen LogP contribution in [-0.4, -0.2) is 5.91 Å². The molecule has 3 heteroatoms. The summed E-state index contributed by atoms with van der Waals surface area (Å²) in [6, 6.07) is 21.7. The summed E-state index contributed by atoms with van der Waals surface area (Å²) < 4.78 is 0. The Bertz CT molecular complexity index is 998. The highest BCUT2D eigenvalue weighted by Gasteiger charge is 2.24. The quantitative estimate of drug-likeness (QED) is 0.507. The summed E-state index contributed by atoms with van der Waals surface area (Å²) in [5.74, 6) is 0.776. The number of aryl methyl sites for hydroxylation is 1. The predicted octanol–water partition coefficient (Wildman–Crippen LogP) is 6.88. The summed E-state index contributed by atoms with van der Waals surface area (Å²) in [5, 5.41) is 3.24. The molecule has 1 atom stereocenters. The second kappa shape index (κ2) is 8.16. The van der Waals surface area contributed by atoms with E-state index >= 15 is 0 Å². The number of hydrogen-bond donors (Lipinski definition) is 1. The molecule has 1 saturated carbocycles. The highest BCUT2D eigenvalue weighted by Crippen LogP contribution is 2.35. The molecule has 29 heavy (non-hydrogen) atoms. The summed E-state index contributed by atoms with van der Waals surface area (Å²) in [6.07, 6.45) is 8.81. The third kappa shape index (κ3) is 3.89. The van der Waals surface area contributed by atoms with Gasteiger partial charge in [0.2, 0.25) is 0 Å². The molecule has 1 amide bonds. The van der Waals surface area contributed by atoms with Crippen molar-refractivity contribution in [3.8, 4) is 10.4 Å². The molecular weight excluding hydrogens is 374 g/mol. The van der Waals surface area contributed by atoms with E-state index in [2.05, 4.69) is 59.9 Å². The molecule has 0 unspecified atom stereocenters. The van der Waals surface area contributed by atoms with E-state index in [1.807, 2.05) is 6.07 Å². The van der Waals surface area contributed by atoms with Gasteiger partial charge in [0.1, 0.15) is 0 Å². The van der Waals surface area contributed by atoms with Crippen LogP contribution < -0.4 is 5.32 Å². The smallest absolute Gasteiger partial charge is 0.261 e. The van der Waals surface area contributed by atoms with Crippen molar-refractivity contribution < 1.29 is 4.79 Å². The lowest BCUT2D eigenvalue weighted by atomic mass is 9.84. The van der Waals surface area contributed by atoms with E-state index in [1.54, 1.807) is 11.3 Å². The van der Waals surface area contributed by atoms with Crippen LogP contribution in [0.3, 0.4) is 0 Å². The van der Waals surface area contributed by atoms with Crippen LogP contribution in [-0.2, 0) is 6.42 Å². The predicted molar refractivity (Wildman–Crippen MR) is 121 cm³/mol. The SMILES string of the molecule is O=C(N[C@@H]1CCc2ccccc21)c1ccc(-c2ccc(C3CCCCC3)cc2)s1. The van der Waals surface area contributed by atoms with Crippen LogP contribution in [0.15, 0.2) is 60.7 Å². The fraction of sp³-hybridized carbons (Fsp3) is 0.346. The average molecular weight is 402 g/mol. The van der Waals surface area contributed by atoms with E-state index < -0.39 is 0 Å². The second-order valence-electron chi connectivity index (χ2n) is 8.38. The topological polar surface area (TPSA) is 29.1 Å². The monoisotopic (exact) mass is 401 g/mol. The lowest BCUT2D eigenvalue weighted by molar-refractivity contribution is 0.0941. The van der Waals surface area contributed by atoms with Gasteiger partial charge in [-0.15, -0.1) is 11.3 Å². The number of hydrogen-bond acceptors (Lipinski definition) is 2. The average Bonchev–Trinajstić information content (AvgIpc) is 3.43. The Hall–Kier alpha value is -2.39. The van der Waals surface area contributed by atoms with Gasteiger partial charge in [0.05, 0.1) is 10.9 Å². The maximum Gasteiger partial charge on any atom is 0.261 e. The number of fused-ring (bicyclic) bond motifs is 1. The first-order valence-electron chi connectivity index (χ1n) is 10.9. The van der Waals surface area contributed by atoms with E-state index in [1.165, 1.54) is 54.4 Å². The van der Waals surface area contributed by atoms with Crippen LogP contribution in [0, 0.1) is 0 Å². The Labute approximate surface area is 177 Å². The van der Waals surface area contributed by atoms with Crippen LogP contribution in [0.4, 0.5) is 0 Å². The zero-order valence-electron chi connectivity index (χ0n) is 16.7. The number of carbonyl (C=O) groups excluding carboxylic acids is 1. The van der Waals surface area contributed by atoms with Crippen LogP contribution in [0.25, 0.3) is 10.4 Å². The van der Waals surface area contributed by atoms with Gasteiger partial charge < -0.3 is 5.32 Å². The largest absolute Gasteiger partial charge is 0.345 e. The van der Waals surface area contributed by atoms with Crippen molar-refractivity contribution in [2.24, 2.45) is 0 Å². The number of benzene rings is 2. The van der Waals surface area contributed by atoms with Gasteiger partial charge in [0.25, 0.3) is 5.91 Å². The molecule has 1 N–H and O–H groups in total. The zero-order valence-corrected chi connectivity index (χ0v) is 17.5. The molecular formula is C26H27NOS. The van der Waals surface area contributed by atoms with Crippen LogP contribution in [0.2, 0.25) is 0 Å². The van der Waals surface area contributed by atoms with Crippen molar-refractivity contribution in [2.75, 3.05) is 0 Å². The molecule has 2 nitrogen and oxygen atoms in total. The minimum absolute atomic E-state index is 0.0433. The number of amides is 1.